The molecular formula is C19H18N6O9S3. The number of aromatic nitrogens is 4. The summed E-state index contributed by atoms with van der Waals surface area (Å²) in [5.41, 5.74) is 0.581. The fourth-order valence-electron chi connectivity index (χ4n) is 3.70. The number of amides is 2. The molecule has 2 aromatic rings. The van der Waals surface area contributed by atoms with Gasteiger partial charge < -0.3 is 15.2 Å². The normalized spacial score (nSPS) is 19.2. The Morgan fingerprint density at radius 1 is 1.32 bits per heavy atom. The zero-order valence-electron chi connectivity index (χ0n) is 18.6. The van der Waals surface area contributed by atoms with E-state index in [4.69, 9.17) is 9.29 Å². The summed E-state index contributed by atoms with van der Waals surface area (Å²) in [6.45, 7) is 0.243. The number of ether oxygens (including phenoxy) is 1. The number of carbonyl (C=O) groups is 4. The van der Waals surface area contributed by atoms with E-state index in [2.05, 4.69) is 20.8 Å². The third-order valence-corrected chi connectivity index (χ3v) is 8.18. The van der Waals surface area contributed by atoms with Crippen LogP contribution in [0.25, 0.3) is 0 Å². The first-order chi connectivity index (χ1) is 17.6. The van der Waals surface area contributed by atoms with Gasteiger partial charge in [-0.15, -0.1) is 16.9 Å². The van der Waals surface area contributed by atoms with Crippen LogP contribution in [0.1, 0.15) is 5.56 Å². The van der Waals surface area contributed by atoms with Crippen LogP contribution in [0.2, 0.25) is 0 Å². The van der Waals surface area contributed by atoms with Crippen LogP contribution in [0.5, 0.6) is 5.75 Å². The molecule has 2 aliphatic rings. The van der Waals surface area contributed by atoms with Crippen LogP contribution >= 0.6 is 23.5 Å². The summed E-state index contributed by atoms with van der Waals surface area (Å²) in [5.74, 6) is -2.86. The van der Waals surface area contributed by atoms with E-state index < -0.39 is 45.2 Å². The van der Waals surface area contributed by atoms with Gasteiger partial charge in [-0.05, 0) is 22.1 Å². The van der Waals surface area contributed by atoms with Crippen molar-refractivity contribution in [1.82, 2.24) is 30.4 Å². The van der Waals surface area contributed by atoms with Gasteiger partial charge >= 0.3 is 5.97 Å². The van der Waals surface area contributed by atoms with E-state index in [1.54, 1.807) is 18.2 Å². The van der Waals surface area contributed by atoms with Crippen molar-refractivity contribution in [2.45, 2.75) is 28.9 Å². The molecule has 1 fully saturated rings. The Morgan fingerprint density at radius 3 is 2.78 bits per heavy atom. The summed E-state index contributed by atoms with van der Waals surface area (Å²) >= 11 is 2.20. The highest BCUT2D eigenvalue weighted by Crippen LogP contribution is 2.41. The molecule has 2 amide bonds. The number of para-hydroxylation sites is 1. The van der Waals surface area contributed by atoms with Gasteiger partial charge in [0, 0.05) is 17.1 Å². The van der Waals surface area contributed by atoms with E-state index in [-0.39, 0.29) is 41.0 Å². The maximum atomic E-state index is 12.8. The molecule has 1 aromatic heterocycles. The van der Waals surface area contributed by atoms with Gasteiger partial charge in [0.2, 0.25) is 11.1 Å². The van der Waals surface area contributed by atoms with Gasteiger partial charge in [0.25, 0.3) is 22.5 Å². The van der Waals surface area contributed by atoms with Gasteiger partial charge in [0.1, 0.15) is 22.9 Å². The Hall–Kier alpha value is -3.48. The minimum atomic E-state index is -4.41. The predicted molar refractivity (Wildman–Crippen MR) is 127 cm³/mol. The number of hydrogen-bond donors (Lipinski definition) is 3. The molecule has 1 unspecified atom stereocenters. The van der Waals surface area contributed by atoms with Crippen LogP contribution in [0.15, 0.2) is 40.7 Å². The van der Waals surface area contributed by atoms with E-state index >= 15 is 0 Å². The maximum Gasteiger partial charge on any atom is 0.352 e. The third kappa shape index (κ3) is 5.92. The second-order valence-corrected chi connectivity index (χ2v) is 11.1. The molecule has 18 heteroatoms. The van der Waals surface area contributed by atoms with Crippen LogP contribution in [0.3, 0.4) is 0 Å². The van der Waals surface area contributed by atoms with Crippen molar-refractivity contribution < 1.29 is 42.0 Å². The molecule has 2 atom stereocenters. The number of carbonyl (C=O) groups excluding carboxylic acids is 3. The number of nitrogens with zero attached hydrogens (tertiary/aromatic N) is 5. The minimum absolute atomic E-state index is 0.0286. The highest BCUT2D eigenvalue weighted by Gasteiger charge is 2.54. The fraction of sp³-hybridized carbons (Fsp3) is 0.316. The highest BCUT2D eigenvalue weighted by molar-refractivity contribution is 8.01. The van der Waals surface area contributed by atoms with Crippen molar-refractivity contribution in [3.8, 4) is 5.75 Å². The number of β-lactam (4-membered cyclic amide) rings is 1. The lowest BCUT2D eigenvalue weighted by molar-refractivity contribution is -0.150. The molecule has 4 rings (SSSR count). The number of thioether (sulfide) groups is 2. The number of carboxylic acids is 1. The lowest BCUT2D eigenvalue weighted by Crippen LogP contribution is -2.70. The van der Waals surface area contributed by atoms with E-state index in [9.17, 15) is 32.7 Å². The largest absolute Gasteiger partial charge is 0.477 e. The average Bonchev–Trinajstić information content (AvgIpc) is 3.27. The number of rotatable bonds is 11. The molecular weight excluding hydrogens is 552 g/mol. The van der Waals surface area contributed by atoms with Crippen molar-refractivity contribution in [3.05, 3.63) is 41.1 Å². The monoisotopic (exact) mass is 570 g/mol. The zero-order valence-corrected chi connectivity index (χ0v) is 21.0. The number of carboxylic acid groups (broad SMARTS) is 1. The van der Waals surface area contributed by atoms with Crippen molar-refractivity contribution in [2.75, 3.05) is 11.5 Å². The quantitative estimate of drug-likeness (QED) is 0.130. The lowest BCUT2D eigenvalue weighted by Gasteiger charge is -2.49. The maximum absolute atomic E-state index is 12.8. The lowest BCUT2D eigenvalue weighted by atomic mass is 10.0. The first-order valence-corrected chi connectivity index (χ1v) is 13.9. The van der Waals surface area contributed by atoms with Gasteiger partial charge in [-0.25, -0.2) is 9.48 Å². The minimum Gasteiger partial charge on any atom is -0.477 e. The molecule has 1 aromatic carbocycles. The molecule has 3 N–H and O–H groups in total. The van der Waals surface area contributed by atoms with Gasteiger partial charge in [0.15, 0.2) is 5.88 Å². The van der Waals surface area contributed by atoms with Crippen molar-refractivity contribution in [3.63, 3.8) is 0 Å². The molecule has 0 bridgehead atoms. The number of benzene rings is 1. The van der Waals surface area contributed by atoms with Crippen LogP contribution in [0.4, 0.5) is 0 Å². The smallest absolute Gasteiger partial charge is 0.352 e. The van der Waals surface area contributed by atoms with Crippen molar-refractivity contribution >= 4 is 57.9 Å². The second-order valence-electron chi connectivity index (χ2n) is 7.67. The van der Waals surface area contributed by atoms with Gasteiger partial charge in [-0.2, -0.15) is 8.42 Å². The molecule has 2 aliphatic heterocycles. The van der Waals surface area contributed by atoms with E-state index in [1.807, 2.05) is 0 Å². The second kappa shape index (κ2) is 10.9. The summed E-state index contributed by atoms with van der Waals surface area (Å²) in [5, 5.41) is 22.3. The van der Waals surface area contributed by atoms with Gasteiger partial charge in [-0.3, -0.25) is 23.8 Å². The Labute approximate surface area is 217 Å². The van der Waals surface area contributed by atoms with Gasteiger partial charge in [0.05, 0.1) is 6.42 Å². The van der Waals surface area contributed by atoms with Crippen LogP contribution in [0, 0.1) is 0 Å². The molecule has 0 radical (unpaired) electrons. The van der Waals surface area contributed by atoms with Crippen molar-refractivity contribution in [1.29, 1.82) is 0 Å². The van der Waals surface area contributed by atoms with E-state index in [1.165, 1.54) is 17.8 Å². The highest BCUT2D eigenvalue weighted by atomic mass is 32.2. The number of fused-ring (bicyclic) bond motifs is 1. The standard InChI is InChI=1S/C19H18N6O9S3/c26-9-34-12-4-2-1-3-10(12)5-13(27)20-14-16(28)25-15(18(29)30)11(6-35-17(14)25)7-36-19-21-22-23-24(19)8-37(31,32)33/h1-4,9,14,17H,5-8H2,(H,20,27)(H,29,30)(H,31,32,33)/t14?,17-/m1/s1. The molecule has 0 saturated carbocycles. The number of tetrazole rings is 1. The Bertz CT molecular complexity index is 1390. The molecule has 0 spiro atoms. The molecule has 196 valence electrons. The summed E-state index contributed by atoms with van der Waals surface area (Å²) in [6, 6.07) is 5.48. The molecule has 37 heavy (non-hydrogen) atoms. The number of nitrogens with one attached hydrogen (secondary N) is 1. The Kier molecular flexibility index (Phi) is 7.81. The molecule has 3 heterocycles. The van der Waals surface area contributed by atoms with Crippen LogP contribution in [-0.4, -0.2) is 90.4 Å². The SMILES string of the molecule is O=COc1ccccc1CC(=O)NC1C(=O)N2C(C(=O)O)=C(CSc3nnnn3CS(=O)(=O)O)CS[C@H]12. The third-order valence-electron chi connectivity index (χ3n) is 5.22. The van der Waals surface area contributed by atoms with Gasteiger partial charge in [-0.1, -0.05) is 30.0 Å². The first kappa shape index (κ1) is 26.6. The topological polar surface area (TPSA) is 211 Å². The predicted octanol–water partition coefficient (Wildman–Crippen LogP) is -0.873. The first-order valence-electron chi connectivity index (χ1n) is 10.3. The summed E-state index contributed by atoms with van der Waals surface area (Å²) in [7, 11) is -4.41. The van der Waals surface area contributed by atoms with Crippen molar-refractivity contribution in [2.24, 2.45) is 0 Å². The summed E-state index contributed by atoms with van der Waals surface area (Å²) < 4.78 is 37.0. The molecule has 15 nitrogen and oxygen atoms in total. The zero-order chi connectivity index (χ0) is 26.7. The van der Waals surface area contributed by atoms with Crippen LogP contribution in [-0.2, 0) is 41.6 Å². The summed E-state index contributed by atoms with van der Waals surface area (Å²) in [6.07, 6.45) is -0.160. The molecule has 0 aliphatic carbocycles. The average molecular weight is 571 g/mol. The fourth-order valence-corrected chi connectivity index (χ4v) is 6.62. The van der Waals surface area contributed by atoms with E-state index in [0.717, 1.165) is 21.3 Å². The summed E-state index contributed by atoms with van der Waals surface area (Å²) in [4.78, 5) is 49.2. The Balaban J connectivity index is 1.44. The number of hydrogen-bond acceptors (Lipinski definition) is 12. The van der Waals surface area contributed by atoms with E-state index in [0.29, 0.717) is 11.1 Å². The Morgan fingerprint density at radius 2 is 2.08 bits per heavy atom. The number of aliphatic carboxylic acids is 1. The van der Waals surface area contributed by atoms with Crippen LogP contribution < -0.4 is 10.1 Å². The molecule has 1 saturated heterocycles.